The molecule has 0 saturated carbocycles. The fourth-order valence-electron chi connectivity index (χ4n) is 2.79. The van der Waals surface area contributed by atoms with E-state index in [9.17, 15) is 4.79 Å². The summed E-state index contributed by atoms with van der Waals surface area (Å²) in [6.07, 6.45) is 2.70. The lowest BCUT2D eigenvalue weighted by Gasteiger charge is -2.25. The van der Waals surface area contributed by atoms with Gasteiger partial charge in [0.2, 0.25) is 0 Å². The van der Waals surface area contributed by atoms with Crippen LogP contribution < -0.4 is 16.4 Å². The summed E-state index contributed by atoms with van der Waals surface area (Å²) in [5.41, 5.74) is 5.18. The number of aromatic nitrogens is 3. The number of carbonyl (C=O) groups excluding carboxylic acids is 1. The number of aliphatic imine (C=N–C) groups is 1. The summed E-state index contributed by atoms with van der Waals surface area (Å²) in [6.45, 7) is 3.23. The van der Waals surface area contributed by atoms with Gasteiger partial charge in [0.1, 0.15) is 11.6 Å². The lowest BCUT2D eigenvalue weighted by molar-refractivity contribution is 0.0972. The number of nitrogens with two attached hydrogens (primary N) is 1. The van der Waals surface area contributed by atoms with Gasteiger partial charge in [-0.1, -0.05) is 6.92 Å². The number of carbonyl (C=O) groups is 1. The number of hydrogen-bond donors (Lipinski definition) is 3. The Morgan fingerprint density at radius 3 is 3.04 bits per heavy atom. The molecule has 1 amide bonds. The number of nitrogens with one attached hydrogen (secondary N) is 2. The molecule has 134 valence electrons. The number of rotatable bonds is 5. The summed E-state index contributed by atoms with van der Waals surface area (Å²) in [4.78, 5) is 19.8. The predicted octanol–water partition coefficient (Wildman–Crippen LogP) is 0.212. The summed E-state index contributed by atoms with van der Waals surface area (Å²) >= 11 is 0. The van der Waals surface area contributed by atoms with E-state index in [-0.39, 0.29) is 11.8 Å². The van der Waals surface area contributed by atoms with E-state index in [1.165, 1.54) is 0 Å². The zero-order valence-electron chi connectivity index (χ0n) is 14.5. The van der Waals surface area contributed by atoms with Gasteiger partial charge in [-0.15, -0.1) is 0 Å². The Morgan fingerprint density at radius 2 is 2.36 bits per heavy atom. The molecule has 2 aromatic rings. The molecule has 1 atom stereocenters. The van der Waals surface area contributed by atoms with Crippen molar-refractivity contribution >= 4 is 11.9 Å². The third-order valence-corrected chi connectivity index (χ3v) is 4.12. The van der Waals surface area contributed by atoms with E-state index in [4.69, 9.17) is 10.2 Å². The molecular weight excluding hydrogens is 322 g/mol. The van der Waals surface area contributed by atoms with Crippen LogP contribution in [0.3, 0.4) is 0 Å². The molecule has 25 heavy (non-hydrogen) atoms. The van der Waals surface area contributed by atoms with Gasteiger partial charge in [0, 0.05) is 25.9 Å². The first-order valence-corrected chi connectivity index (χ1v) is 8.37. The highest BCUT2D eigenvalue weighted by Crippen LogP contribution is 2.13. The Morgan fingerprint density at radius 1 is 1.52 bits per heavy atom. The van der Waals surface area contributed by atoms with Crippen molar-refractivity contribution in [1.29, 1.82) is 0 Å². The second-order valence-corrected chi connectivity index (χ2v) is 5.92. The summed E-state index contributed by atoms with van der Waals surface area (Å²) in [6, 6.07) is 3.51. The topological polar surface area (TPSA) is 123 Å². The number of hydrogen-bond acceptors (Lipinski definition) is 5. The van der Waals surface area contributed by atoms with Crippen molar-refractivity contribution in [3.05, 3.63) is 35.3 Å². The molecule has 0 aliphatic carbocycles. The molecule has 0 bridgehead atoms. The predicted molar refractivity (Wildman–Crippen MR) is 92.1 cm³/mol. The van der Waals surface area contributed by atoms with E-state index in [2.05, 4.69) is 32.6 Å². The molecule has 0 fully saturated rings. The Bertz CT molecular complexity index is 777. The largest absolute Gasteiger partial charge is 0.454 e. The number of aryl methyl sites for hydroxylation is 2. The molecule has 2 aromatic heterocycles. The first-order valence-electron chi connectivity index (χ1n) is 8.37. The van der Waals surface area contributed by atoms with Crippen LogP contribution in [-0.2, 0) is 25.9 Å². The number of furan rings is 1. The maximum atomic E-state index is 11.1. The van der Waals surface area contributed by atoms with Crippen LogP contribution in [0.15, 0.2) is 21.5 Å². The zero-order valence-corrected chi connectivity index (χ0v) is 14.5. The lowest BCUT2D eigenvalue weighted by Crippen LogP contribution is -2.46. The van der Waals surface area contributed by atoms with Crippen LogP contribution >= 0.6 is 0 Å². The fourth-order valence-corrected chi connectivity index (χ4v) is 2.79. The van der Waals surface area contributed by atoms with Crippen LogP contribution in [-0.4, -0.2) is 39.7 Å². The molecular formula is C16H23N7O2. The standard InChI is InChI=1S/C16H23N7O2/c1-3-13-21-14-7-4-10(9-23(14)22-13)20-16(18-2)19-8-11-5-6-12(25-11)15(17)24/h5-6,10H,3-4,7-9H2,1-2H3,(H2,17,24)(H2,18,19,20). The molecule has 0 radical (unpaired) electrons. The first kappa shape index (κ1) is 17.0. The highest BCUT2D eigenvalue weighted by atomic mass is 16.3. The molecule has 9 nitrogen and oxygen atoms in total. The minimum absolute atomic E-state index is 0.150. The average molecular weight is 345 g/mol. The number of guanidine groups is 1. The normalized spacial score (nSPS) is 17.2. The minimum atomic E-state index is -0.578. The third-order valence-electron chi connectivity index (χ3n) is 4.12. The Hall–Kier alpha value is -2.84. The number of primary amides is 1. The Balaban J connectivity index is 1.54. The van der Waals surface area contributed by atoms with Crippen LogP contribution in [0.25, 0.3) is 0 Å². The smallest absolute Gasteiger partial charge is 0.284 e. The minimum Gasteiger partial charge on any atom is -0.454 e. The second-order valence-electron chi connectivity index (χ2n) is 5.92. The zero-order chi connectivity index (χ0) is 17.8. The van der Waals surface area contributed by atoms with Crippen molar-refractivity contribution in [3.63, 3.8) is 0 Å². The van der Waals surface area contributed by atoms with E-state index in [1.54, 1.807) is 19.2 Å². The summed E-state index contributed by atoms with van der Waals surface area (Å²) in [5, 5.41) is 11.1. The lowest BCUT2D eigenvalue weighted by atomic mass is 10.1. The molecule has 1 aliphatic heterocycles. The van der Waals surface area contributed by atoms with E-state index >= 15 is 0 Å². The van der Waals surface area contributed by atoms with Crippen molar-refractivity contribution in [1.82, 2.24) is 25.4 Å². The number of nitrogens with zero attached hydrogens (tertiary/aromatic N) is 4. The second kappa shape index (κ2) is 7.37. The summed E-state index contributed by atoms with van der Waals surface area (Å²) < 4.78 is 7.32. The molecule has 1 aliphatic rings. The quantitative estimate of drug-likeness (QED) is 0.526. The maximum Gasteiger partial charge on any atom is 0.284 e. The molecule has 4 N–H and O–H groups in total. The monoisotopic (exact) mass is 345 g/mol. The van der Waals surface area contributed by atoms with Crippen LogP contribution in [0.1, 0.15) is 41.3 Å². The van der Waals surface area contributed by atoms with Crippen molar-refractivity contribution in [2.24, 2.45) is 10.7 Å². The van der Waals surface area contributed by atoms with E-state index < -0.39 is 5.91 Å². The summed E-state index contributed by atoms with van der Waals surface area (Å²) in [5.74, 6) is 2.80. The van der Waals surface area contributed by atoms with Gasteiger partial charge in [-0.05, 0) is 18.6 Å². The fraction of sp³-hybridized carbons (Fsp3) is 0.500. The van der Waals surface area contributed by atoms with Gasteiger partial charge in [0.25, 0.3) is 5.91 Å². The Kier molecular flexibility index (Phi) is 5.01. The highest BCUT2D eigenvalue weighted by molar-refractivity contribution is 5.89. The number of amides is 1. The third kappa shape index (κ3) is 3.98. The summed E-state index contributed by atoms with van der Waals surface area (Å²) in [7, 11) is 1.71. The van der Waals surface area contributed by atoms with Gasteiger partial charge in [0.15, 0.2) is 17.5 Å². The first-order chi connectivity index (χ1) is 12.1. The van der Waals surface area contributed by atoms with E-state index in [0.29, 0.717) is 18.3 Å². The van der Waals surface area contributed by atoms with Gasteiger partial charge >= 0.3 is 0 Å². The van der Waals surface area contributed by atoms with Crippen molar-refractivity contribution in [2.75, 3.05) is 7.05 Å². The van der Waals surface area contributed by atoms with Crippen LogP contribution in [0, 0.1) is 0 Å². The highest BCUT2D eigenvalue weighted by Gasteiger charge is 2.22. The van der Waals surface area contributed by atoms with Crippen molar-refractivity contribution in [2.45, 2.75) is 45.3 Å². The number of fused-ring (bicyclic) bond motifs is 1. The molecule has 1 unspecified atom stereocenters. The van der Waals surface area contributed by atoms with E-state index in [0.717, 1.165) is 37.5 Å². The molecule has 3 heterocycles. The van der Waals surface area contributed by atoms with Gasteiger partial charge in [0.05, 0.1) is 13.1 Å². The van der Waals surface area contributed by atoms with Crippen LogP contribution in [0.5, 0.6) is 0 Å². The molecule has 0 aromatic carbocycles. The van der Waals surface area contributed by atoms with Crippen molar-refractivity contribution in [3.8, 4) is 0 Å². The van der Waals surface area contributed by atoms with Crippen LogP contribution in [0.4, 0.5) is 0 Å². The van der Waals surface area contributed by atoms with Gasteiger partial charge < -0.3 is 20.8 Å². The van der Waals surface area contributed by atoms with Gasteiger partial charge in [-0.3, -0.25) is 9.79 Å². The SMILES string of the molecule is CCc1nc2n(n1)CC(NC(=NC)NCc1ccc(C(N)=O)o1)CC2. The van der Waals surface area contributed by atoms with Gasteiger partial charge in [-0.25, -0.2) is 9.67 Å². The average Bonchev–Trinajstić information content (AvgIpc) is 3.24. The van der Waals surface area contributed by atoms with Crippen LogP contribution in [0.2, 0.25) is 0 Å². The Labute approximate surface area is 145 Å². The van der Waals surface area contributed by atoms with Crippen molar-refractivity contribution < 1.29 is 9.21 Å². The molecule has 3 rings (SSSR count). The maximum absolute atomic E-state index is 11.1. The molecule has 0 saturated heterocycles. The van der Waals surface area contributed by atoms with E-state index in [1.807, 2.05) is 4.68 Å². The van der Waals surface area contributed by atoms with Gasteiger partial charge in [-0.2, -0.15) is 5.10 Å². The molecule has 9 heteroatoms. The molecule has 0 spiro atoms.